The number of rotatable bonds is 2. The second-order valence-corrected chi connectivity index (χ2v) is 3.28. The Balaban J connectivity index is 3.01. The van der Waals surface area contributed by atoms with Gasteiger partial charge in [0.2, 0.25) is 0 Å². The number of halogens is 1. The van der Waals surface area contributed by atoms with Crippen molar-refractivity contribution in [3.8, 4) is 0 Å². The van der Waals surface area contributed by atoms with Gasteiger partial charge in [0.15, 0.2) is 0 Å². The van der Waals surface area contributed by atoms with Crippen LogP contribution in [0.25, 0.3) is 0 Å². The van der Waals surface area contributed by atoms with Crippen LogP contribution in [0.1, 0.15) is 17.2 Å². The van der Waals surface area contributed by atoms with Crippen LogP contribution in [0.5, 0.6) is 0 Å². The third-order valence-corrected chi connectivity index (χ3v) is 2.12. The zero-order valence-electron chi connectivity index (χ0n) is 7.05. The summed E-state index contributed by atoms with van der Waals surface area (Å²) in [5, 5.41) is 0.737. The first-order valence-corrected chi connectivity index (χ1v) is 4.24. The van der Waals surface area contributed by atoms with E-state index in [0.29, 0.717) is 6.54 Å². The molecule has 0 heterocycles. The van der Waals surface area contributed by atoms with Crippen molar-refractivity contribution in [1.29, 1.82) is 0 Å². The lowest BCUT2D eigenvalue weighted by molar-refractivity contribution is 0.732. The molecule has 0 fully saturated rings. The Bertz CT molecular complexity index is 273. The Hall–Kier alpha value is -0.570. The molecule has 66 valence electrons. The molecular weight excluding hydrogens is 172 g/mol. The van der Waals surface area contributed by atoms with E-state index in [2.05, 4.69) is 0 Å². The summed E-state index contributed by atoms with van der Waals surface area (Å²) in [6.45, 7) is 2.44. The first-order valence-electron chi connectivity index (χ1n) is 3.87. The molecule has 0 saturated carbocycles. The number of nitrogens with two attached hydrogens (primary N) is 2. The molecule has 2 nitrogen and oxygen atoms in total. The maximum Gasteiger partial charge on any atom is 0.0422 e. The average Bonchev–Trinajstić information content (AvgIpc) is 2.03. The van der Waals surface area contributed by atoms with Crippen molar-refractivity contribution in [3.05, 3.63) is 34.3 Å². The van der Waals surface area contributed by atoms with E-state index in [-0.39, 0.29) is 6.04 Å². The van der Waals surface area contributed by atoms with Gasteiger partial charge in [-0.25, -0.2) is 0 Å². The van der Waals surface area contributed by atoms with Gasteiger partial charge in [0, 0.05) is 17.6 Å². The number of hydrogen-bond donors (Lipinski definition) is 2. The van der Waals surface area contributed by atoms with Gasteiger partial charge in [0.25, 0.3) is 0 Å². The summed E-state index contributed by atoms with van der Waals surface area (Å²) in [6.07, 6.45) is 0. The topological polar surface area (TPSA) is 52.0 Å². The standard InChI is InChI=1S/C9H13ClN2/c1-6-4-7(10)2-3-8(6)9(12)5-11/h2-4,9H,5,11-12H2,1H3/t9-/m1/s1. The van der Waals surface area contributed by atoms with Crippen LogP contribution >= 0.6 is 11.6 Å². The number of aryl methyl sites for hydroxylation is 1. The van der Waals surface area contributed by atoms with E-state index in [1.54, 1.807) is 0 Å². The van der Waals surface area contributed by atoms with Crippen molar-refractivity contribution in [3.63, 3.8) is 0 Å². The second-order valence-electron chi connectivity index (χ2n) is 2.84. The normalized spacial score (nSPS) is 13.0. The van der Waals surface area contributed by atoms with Crippen LogP contribution in [0.4, 0.5) is 0 Å². The Labute approximate surface area is 77.5 Å². The van der Waals surface area contributed by atoms with Gasteiger partial charge < -0.3 is 11.5 Å². The van der Waals surface area contributed by atoms with Gasteiger partial charge in [-0.2, -0.15) is 0 Å². The van der Waals surface area contributed by atoms with Crippen molar-refractivity contribution < 1.29 is 0 Å². The minimum Gasteiger partial charge on any atom is -0.329 e. The van der Waals surface area contributed by atoms with Gasteiger partial charge in [-0.1, -0.05) is 17.7 Å². The van der Waals surface area contributed by atoms with Crippen molar-refractivity contribution in [2.45, 2.75) is 13.0 Å². The van der Waals surface area contributed by atoms with E-state index in [1.807, 2.05) is 25.1 Å². The molecule has 0 amide bonds. The quantitative estimate of drug-likeness (QED) is 0.734. The van der Waals surface area contributed by atoms with Crippen LogP contribution in [0.15, 0.2) is 18.2 Å². The molecule has 0 bridgehead atoms. The second kappa shape index (κ2) is 3.90. The molecule has 0 aliphatic carbocycles. The Kier molecular flexibility index (Phi) is 3.09. The molecule has 1 aromatic carbocycles. The van der Waals surface area contributed by atoms with Crippen molar-refractivity contribution >= 4 is 11.6 Å². The Morgan fingerprint density at radius 1 is 1.50 bits per heavy atom. The van der Waals surface area contributed by atoms with E-state index < -0.39 is 0 Å². The molecule has 12 heavy (non-hydrogen) atoms. The van der Waals surface area contributed by atoms with Gasteiger partial charge in [-0.05, 0) is 30.2 Å². The molecule has 0 unspecified atom stereocenters. The Morgan fingerprint density at radius 3 is 2.67 bits per heavy atom. The highest BCUT2D eigenvalue weighted by atomic mass is 35.5. The fourth-order valence-corrected chi connectivity index (χ4v) is 1.41. The van der Waals surface area contributed by atoms with E-state index in [9.17, 15) is 0 Å². The molecule has 0 aromatic heterocycles. The third kappa shape index (κ3) is 1.97. The summed E-state index contributed by atoms with van der Waals surface area (Å²) in [4.78, 5) is 0. The highest BCUT2D eigenvalue weighted by Crippen LogP contribution is 2.19. The summed E-state index contributed by atoms with van der Waals surface area (Å²) in [5.41, 5.74) is 13.4. The van der Waals surface area contributed by atoms with Gasteiger partial charge in [-0.15, -0.1) is 0 Å². The molecule has 0 spiro atoms. The first-order chi connectivity index (χ1) is 5.65. The molecule has 1 rings (SSSR count). The first kappa shape index (κ1) is 9.52. The van der Waals surface area contributed by atoms with Crippen LogP contribution in [-0.4, -0.2) is 6.54 Å². The fraction of sp³-hybridized carbons (Fsp3) is 0.333. The van der Waals surface area contributed by atoms with Crippen LogP contribution in [0.3, 0.4) is 0 Å². The molecule has 0 aliphatic rings. The summed E-state index contributed by atoms with van der Waals surface area (Å²) in [6, 6.07) is 5.57. The van der Waals surface area contributed by atoms with E-state index in [4.69, 9.17) is 23.1 Å². The highest BCUT2D eigenvalue weighted by Gasteiger charge is 2.06. The van der Waals surface area contributed by atoms with Crippen LogP contribution in [0.2, 0.25) is 5.02 Å². The largest absolute Gasteiger partial charge is 0.329 e. The monoisotopic (exact) mass is 184 g/mol. The SMILES string of the molecule is Cc1cc(Cl)ccc1[C@H](N)CN. The Morgan fingerprint density at radius 2 is 2.17 bits per heavy atom. The van der Waals surface area contributed by atoms with Gasteiger partial charge >= 0.3 is 0 Å². The fourth-order valence-electron chi connectivity index (χ4n) is 1.18. The summed E-state index contributed by atoms with van der Waals surface area (Å²) >= 11 is 5.79. The van der Waals surface area contributed by atoms with Crippen LogP contribution < -0.4 is 11.5 Å². The minimum atomic E-state index is -0.0812. The molecule has 4 N–H and O–H groups in total. The molecule has 1 atom stereocenters. The van der Waals surface area contributed by atoms with E-state index in [1.165, 1.54) is 0 Å². The number of benzene rings is 1. The lowest BCUT2D eigenvalue weighted by Gasteiger charge is -2.12. The van der Waals surface area contributed by atoms with Gasteiger partial charge in [-0.3, -0.25) is 0 Å². The van der Waals surface area contributed by atoms with Crippen molar-refractivity contribution in [2.75, 3.05) is 6.54 Å². The zero-order chi connectivity index (χ0) is 9.14. The predicted molar refractivity (Wildman–Crippen MR) is 52.2 cm³/mol. The summed E-state index contributed by atoms with van der Waals surface area (Å²) in [5.74, 6) is 0. The van der Waals surface area contributed by atoms with Crippen LogP contribution in [-0.2, 0) is 0 Å². The average molecular weight is 185 g/mol. The van der Waals surface area contributed by atoms with Crippen molar-refractivity contribution in [2.24, 2.45) is 11.5 Å². The number of hydrogen-bond acceptors (Lipinski definition) is 2. The lowest BCUT2D eigenvalue weighted by atomic mass is 10.0. The van der Waals surface area contributed by atoms with Gasteiger partial charge in [0.1, 0.15) is 0 Å². The molecule has 1 aromatic rings. The summed E-state index contributed by atoms with van der Waals surface area (Å²) < 4.78 is 0. The molecule has 0 saturated heterocycles. The maximum absolute atomic E-state index is 5.79. The van der Waals surface area contributed by atoms with E-state index in [0.717, 1.165) is 16.1 Å². The van der Waals surface area contributed by atoms with Crippen molar-refractivity contribution in [1.82, 2.24) is 0 Å². The zero-order valence-corrected chi connectivity index (χ0v) is 7.81. The summed E-state index contributed by atoms with van der Waals surface area (Å²) in [7, 11) is 0. The molecule has 3 heteroatoms. The smallest absolute Gasteiger partial charge is 0.0422 e. The maximum atomic E-state index is 5.79. The lowest BCUT2D eigenvalue weighted by Crippen LogP contribution is -2.21. The van der Waals surface area contributed by atoms with E-state index >= 15 is 0 Å². The molecule has 0 radical (unpaired) electrons. The highest BCUT2D eigenvalue weighted by molar-refractivity contribution is 6.30. The molecular formula is C9H13ClN2. The minimum absolute atomic E-state index is 0.0812. The third-order valence-electron chi connectivity index (χ3n) is 1.89. The van der Waals surface area contributed by atoms with Gasteiger partial charge in [0.05, 0.1) is 0 Å². The predicted octanol–water partition coefficient (Wildman–Crippen LogP) is 1.61. The van der Waals surface area contributed by atoms with Crippen LogP contribution in [0, 0.1) is 6.92 Å². The molecule has 0 aliphatic heterocycles.